The smallest absolute Gasteiger partial charge is 0.417 e. The molecule has 0 spiro atoms. The second-order valence-electron chi connectivity index (χ2n) is 6.67. The molecule has 1 aromatic carbocycles. The van der Waals surface area contributed by atoms with Gasteiger partial charge in [-0.3, -0.25) is 0 Å². The number of ether oxygens (including phenoxy) is 1. The fourth-order valence-corrected chi connectivity index (χ4v) is 4.33. The first kappa shape index (κ1) is 21.4. The zero-order valence-electron chi connectivity index (χ0n) is 14.9. The summed E-state index contributed by atoms with van der Waals surface area (Å²) < 4.78 is 96.6. The van der Waals surface area contributed by atoms with Crippen LogP contribution < -0.4 is 9.46 Å². The Morgan fingerprint density at radius 1 is 1.00 bits per heavy atom. The van der Waals surface area contributed by atoms with Crippen molar-refractivity contribution in [1.82, 2.24) is 9.71 Å². The molecule has 1 aliphatic rings. The summed E-state index contributed by atoms with van der Waals surface area (Å²) in [4.78, 5) is 3.28. The van der Waals surface area contributed by atoms with Crippen LogP contribution >= 0.6 is 0 Å². The summed E-state index contributed by atoms with van der Waals surface area (Å²) in [6.07, 6.45) is -2.38. The molecule has 0 unspecified atom stereocenters. The first-order valence-corrected chi connectivity index (χ1v) is 10.2. The van der Waals surface area contributed by atoms with E-state index in [9.17, 15) is 30.4 Å². The zero-order chi connectivity index (χ0) is 21.2. The van der Waals surface area contributed by atoms with E-state index in [4.69, 9.17) is 4.74 Å². The van der Waals surface area contributed by atoms with Crippen molar-refractivity contribution in [1.29, 1.82) is 0 Å². The summed E-state index contributed by atoms with van der Waals surface area (Å²) in [5, 5.41) is 0. The Kier molecular flexibility index (Phi) is 6.08. The van der Waals surface area contributed by atoms with Crippen molar-refractivity contribution < 1.29 is 35.1 Å². The van der Waals surface area contributed by atoms with Crippen LogP contribution in [0.3, 0.4) is 0 Å². The van der Waals surface area contributed by atoms with Crippen LogP contribution in [-0.2, 0) is 16.2 Å². The van der Waals surface area contributed by atoms with Crippen molar-refractivity contribution in [2.75, 3.05) is 0 Å². The van der Waals surface area contributed by atoms with Crippen LogP contribution in [-0.4, -0.2) is 25.5 Å². The van der Waals surface area contributed by atoms with E-state index in [2.05, 4.69) is 9.71 Å². The third-order valence-corrected chi connectivity index (χ3v) is 6.07. The van der Waals surface area contributed by atoms with Gasteiger partial charge >= 0.3 is 6.18 Å². The van der Waals surface area contributed by atoms with Gasteiger partial charge in [0.1, 0.15) is 6.10 Å². The van der Waals surface area contributed by atoms with Gasteiger partial charge in [0.25, 0.3) is 0 Å². The molecule has 1 heterocycles. The number of halogens is 5. The van der Waals surface area contributed by atoms with Gasteiger partial charge in [-0.15, -0.1) is 0 Å². The molecule has 1 aliphatic carbocycles. The van der Waals surface area contributed by atoms with Crippen molar-refractivity contribution in [2.45, 2.75) is 48.9 Å². The SMILES string of the molecule is O=S(=O)(NC1CCC(Oc2ccc(C(F)(F)F)cn2)CC1)c1ccc(F)c(F)c1. The van der Waals surface area contributed by atoms with Gasteiger partial charge < -0.3 is 4.74 Å². The quantitative estimate of drug-likeness (QED) is 0.719. The lowest BCUT2D eigenvalue weighted by atomic mass is 9.94. The van der Waals surface area contributed by atoms with Crippen molar-refractivity contribution in [3.05, 3.63) is 53.7 Å². The number of benzene rings is 1. The normalized spacial score (nSPS) is 20.4. The van der Waals surface area contributed by atoms with Crippen LogP contribution in [0.2, 0.25) is 0 Å². The topological polar surface area (TPSA) is 68.3 Å². The fourth-order valence-electron chi connectivity index (χ4n) is 3.02. The van der Waals surface area contributed by atoms with E-state index < -0.39 is 39.4 Å². The van der Waals surface area contributed by atoms with Crippen molar-refractivity contribution in [2.24, 2.45) is 0 Å². The molecular weight excluding hydrogens is 419 g/mol. The maximum Gasteiger partial charge on any atom is 0.417 e. The van der Waals surface area contributed by atoms with Crippen molar-refractivity contribution in [3.63, 3.8) is 0 Å². The van der Waals surface area contributed by atoms with Crippen molar-refractivity contribution in [3.8, 4) is 5.88 Å². The Bertz CT molecular complexity index is 956. The molecule has 158 valence electrons. The van der Waals surface area contributed by atoms with E-state index >= 15 is 0 Å². The van der Waals surface area contributed by atoms with E-state index in [1.54, 1.807) is 0 Å². The summed E-state index contributed by atoms with van der Waals surface area (Å²) in [5.41, 5.74) is -0.875. The Morgan fingerprint density at radius 3 is 2.24 bits per heavy atom. The van der Waals surface area contributed by atoms with Crippen LogP contribution in [0.25, 0.3) is 0 Å². The van der Waals surface area contributed by atoms with Gasteiger partial charge in [-0.1, -0.05) is 0 Å². The van der Waals surface area contributed by atoms with Gasteiger partial charge in [0, 0.05) is 18.3 Å². The number of pyridine rings is 1. The molecule has 11 heteroatoms. The number of hydrogen-bond acceptors (Lipinski definition) is 4. The van der Waals surface area contributed by atoms with E-state index in [0.29, 0.717) is 37.9 Å². The molecule has 0 bridgehead atoms. The number of nitrogens with one attached hydrogen (secondary N) is 1. The summed E-state index contributed by atoms with van der Waals surface area (Å²) in [5.74, 6) is -2.34. The van der Waals surface area contributed by atoms with Gasteiger partial charge in [-0.05, 0) is 49.9 Å². The lowest BCUT2D eigenvalue weighted by Crippen LogP contribution is -2.39. The first-order chi connectivity index (χ1) is 13.5. The van der Waals surface area contributed by atoms with E-state index in [1.165, 1.54) is 0 Å². The van der Waals surface area contributed by atoms with Gasteiger partial charge in [-0.25, -0.2) is 26.9 Å². The van der Waals surface area contributed by atoms with E-state index in [1.807, 2.05) is 0 Å². The minimum atomic E-state index is -4.48. The van der Waals surface area contributed by atoms with Crippen LogP contribution in [0, 0.1) is 11.6 Å². The molecule has 29 heavy (non-hydrogen) atoms. The molecule has 1 aromatic heterocycles. The lowest BCUT2D eigenvalue weighted by molar-refractivity contribution is -0.137. The largest absolute Gasteiger partial charge is 0.474 e. The summed E-state index contributed by atoms with van der Waals surface area (Å²) in [6.45, 7) is 0. The predicted molar refractivity (Wildman–Crippen MR) is 92.6 cm³/mol. The fraction of sp³-hybridized carbons (Fsp3) is 0.389. The minimum Gasteiger partial charge on any atom is -0.474 e. The number of sulfonamides is 1. The van der Waals surface area contributed by atoms with Crippen LogP contribution in [0.15, 0.2) is 41.4 Å². The van der Waals surface area contributed by atoms with Crippen LogP contribution in [0.1, 0.15) is 31.2 Å². The molecule has 1 saturated carbocycles. The lowest BCUT2D eigenvalue weighted by Gasteiger charge is -2.29. The maximum absolute atomic E-state index is 13.3. The number of alkyl halides is 3. The zero-order valence-corrected chi connectivity index (χ0v) is 15.7. The van der Waals surface area contributed by atoms with Gasteiger partial charge in [0.2, 0.25) is 15.9 Å². The number of nitrogens with zero attached hydrogens (tertiary/aromatic N) is 1. The van der Waals surface area contributed by atoms with Gasteiger partial charge in [0.15, 0.2) is 11.6 Å². The average Bonchev–Trinajstić information content (AvgIpc) is 2.65. The Labute approximate surface area is 164 Å². The first-order valence-electron chi connectivity index (χ1n) is 8.72. The van der Waals surface area contributed by atoms with Gasteiger partial charge in [0.05, 0.1) is 10.5 Å². The molecule has 3 rings (SSSR count). The van der Waals surface area contributed by atoms with Gasteiger partial charge in [-0.2, -0.15) is 13.2 Å². The molecule has 0 aliphatic heterocycles. The molecule has 0 atom stereocenters. The highest BCUT2D eigenvalue weighted by atomic mass is 32.2. The Hall–Kier alpha value is -2.27. The number of hydrogen-bond donors (Lipinski definition) is 1. The molecule has 0 saturated heterocycles. The second-order valence-corrected chi connectivity index (χ2v) is 8.39. The summed E-state index contributed by atoms with van der Waals surface area (Å²) >= 11 is 0. The van der Waals surface area contributed by atoms with E-state index in [0.717, 1.165) is 24.3 Å². The summed E-state index contributed by atoms with van der Waals surface area (Å²) in [7, 11) is -4.01. The Balaban J connectivity index is 1.54. The highest BCUT2D eigenvalue weighted by Crippen LogP contribution is 2.30. The predicted octanol–water partition coefficient (Wildman–Crippen LogP) is 4.05. The molecular formula is C18H17F5N2O3S. The molecule has 0 amide bonds. The number of aromatic nitrogens is 1. The minimum absolute atomic E-state index is 0.0591. The van der Waals surface area contributed by atoms with Crippen molar-refractivity contribution >= 4 is 10.0 Å². The maximum atomic E-state index is 13.3. The standard InChI is InChI=1S/C18H17F5N2O3S/c19-15-7-6-14(9-16(15)20)29(26,27)25-12-2-4-13(5-3-12)28-17-8-1-11(10-24-17)18(21,22)23/h1,6-10,12-13,25H,2-5H2. The monoisotopic (exact) mass is 436 g/mol. The number of rotatable bonds is 5. The third kappa shape index (κ3) is 5.41. The van der Waals surface area contributed by atoms with E-state index in [-0.39, 0.29) is 16.9 Å². The Morgan fingerprint density at radius 2 is 1.69 bits per heavy atom. The average molecular weight is 436 g/mol. The van der Waals surface area contributed by atoms with Crippen LogP contribution in [0.5, 0.6) is 5.88 Å². The second kappa shape index (κ2) is 8.23. The highest BCUT2D eigenvalue weighted by Gasteiger charge is 2.31. The highest BCUT2D eigenvalue weighted by molar-refractivity contribution is 7.89. The molecule has 1 fully saturated rings. The molecule has 5 nitrogen and oxygen atoms in total. The molecule has 1 N–H and O–H groups in total. The van der Waals surface area contributed by atoms with Crippen LogP contribution in [0.4, 0.5) is 22.0 Å². The molecule has 0 radical (unpaired) electrons. The molecule has 2 aromatic rings. The third-order valence-electron chi connectivity index (χ3n) is 4.55. The summed E-state index contributed by atoms with van der Waals surface area (Å²) in [6, 6.07) is 3.93.